The lowest BCUT2D eigenvalue weighted by atomic mass is 9.96. The van der Waals surface area contributed by atoms with E-state index in [0.717, 1.165) is 48.3 Å². The van der Waals surface area contributed by atoms with E-state index < -0.39 is 0 Å². The van der Waals surface area contributed by atoms with Gasteiger partial charge in [0.2, 0.25) is 11.8 Å². The minimum Gasteiger partial charge on any atom is -0.361 e. The maximum Gasteiger partial charge on any atom is 0.233 e. The minimum atomic E-state index is -0.301. The number of rotatable bonds is 4. The third-order valence-corrected chi connectivity index (χ3v) is 4.92. The van der Waals surface area contributed by atoms with Gasteiger partial charge in [0.15, 0.2) is 0 Å². The number of fused-ring (bicyclic) bond motifs is 1. The quantitative estimate of drug-likeness (QED) is 0.793. The Balaban J connectivity index is 1.48. The molecule has 2 aliphatic rings. The Kier molecular flexibility index (Phi) is 3.70. The zero-order valence-electron chi connectivity index (χ0n) is 13.7. The molecule has 3 heterocycles. The van der Waals surface area contributed by atoms with Crippen LogP contribution < -0.4 is 0 Å². The molecule has 0 unspecified atom stereocenters. The lowest BCUT2D eigenvalue weighted by Crippen LogP contribution is -2.31. The van der Waals surface area contributed by atoms with Gasteiger partial charge in [-0.2, -0.15) is 5.10 Å². The number of likely N-dealkylation sites (tertiary alicyclic amines) is 1. The third kappa shape index (κ3) is 2.64. The monoisotopic (exact) mass is 328 g/mol. The first-order valence-electron chi connectivity index (χ1n) is 8.40. The second-order valence-electron chi connectivity index (χ2n) is 6.68. The van der Waals surface area contributed by atoms with Gasteiger partial charge in [-0.1, -0.05) is 5.16 Å². The van der Waals surface area contributed by atoms with E-state index in [4.69, 9.17) is 4.52 Å². The molecule has 126 valence electrons. The molecule has 2 aromatic heterocycles. The number of aromatic nitrogens is 3. The van der Waals surface area contributed by atoms with Crippen LogP contribution in [0.5, 0.6) is 0 Å². The zero-order chi connectivity index (χ0) is 16.7. The van der Waals surface area contributed by atoms with Crippen molar-refractivity contribution >= 4 is 11.8 Å². The molecule has 0 saturated carbocycles. The van der Waals surface area contributed by atoms with Crippen molar-refractivity contribution < 1.29 is 14.1 Å². The summed E-state index contributed by atoms with van der Waals surface area (Å²) < 4.78 is 7.09. The van der Waals surface area contributed by atoms with Crippen LogP contribution in [0, 0.1) is 5.92 Å². The number of hydrogen-bond donors (Lipinski definition) is 0. The number of aryl methyl sites for hydroxylation is 2. The molecule has 1 aliphatic carbocycles. The topological polar surface area (TPSA) is 81.2 Å². The number of carbonyl (C=O) groups excluding carboxylic acids is 2. The van der Waals surface area contributed by atoms with E-state index in [1.807, 2.05) is 13.2 Å². The van der Waals surface area contributed by atoms with Crippen LogP contribution >= 0.6 is 0 Å². The fourth-order valence-corrected chi connectivity index (χ4v) is 3.66. The van der Waals surface area contributed by atoms with E-state index in [-0.39, 0.29) is 30.7 Å². The van der Waals surface area contributed by atoms with Crippen LogP contribution in [0.15, 0.2) is 16.9 Å². The Morgan fingerprint density at radius 2 is 2.12 bits per heavy atom. The molecule has 0 spiro atoms. The van der Waals surface area contributed by atoms with Crippen LogP contribution in [0.4, 0.5) is 0 Å². The summed E-state index contributed by atoms with van der Waals surface area (Å²) in [5.74, 6) is 0.379. The van der Waals surface area contributed by atoms with Crippen molar-refractivity contribution in [1.82, 2.24) is 19.8 Å². The number of nitrogens with zero attached hydrogens (tertiary/aromatic N) is 4. The lowest BCUT2D eigenvalue weighted by Gasteiger charge is -2.15. The summed E-state index contributed by atoms with van der Waals surface area (Å²) in [6.45, 7) is 0.236. The van der Waals surface area contributed by atoms with Gasteiger partial charge >= 0.3 is 0 Å². The van der Waals surface area contributed by atoms with E-state index >= 15 is 0 Å². The van der Waals surface area contributed by atoms with Crippen molar-refractivity contribution in [3.63, 3.8) is 0 Å². The SMILES string of the molecule is Cn1cc(C[C@H]2CC(=O)N(Cc3noc4c3CCCC4)C2=O)cn1. The van der Waals surface area contributed by atoms with E-state index in [1.54, 1.807) is 10.9 Å². The van der Waals surface area contributed by atoms with Gasteiger partial charge in [0.05, 0.1) is 18.7 Å². The molecule has 2 amide bonds. The summed E-state index contributed by atoms with van der Waals surface area (Å²) in [6, 6.07) is 0. The first-order valence-corrected chi connectivity index (χ1v) is 8.40. The number of amides is 2. The lowest BCUT2D eigenvalue weighted by molar-refractivity contribution is -0.140. The molecule has 24 heavy (non-hydrogen) atoms. The summed E-state index contributed by atoms with van der Waals surface area (Å²) in [7, 11) is 1.84. The molecule has 0 aromatic carbocycles. The van der Waals surface area contributed by atoms with Crippen LogP contribution in [-0.2, 0) is 42.4 Å². The van der Waals surface area contributed by atoms with Gasteiger partial charge in [0, 0.05) is 31.6 Å². The number of imide groups is 1. The molecule has 1 fully saturated rings. The molecule has 7 nitrogen and oxygen atoms in total. The Bertz CT molecular complexity index is 792. The number of hydrogen-bond acceptors (Lipinski definition) is 5. The minimum absolute atomic E-state index is 0.114. The van der Waals surface area contributed by atoms with Gasteiger partial charge in [0.25, 0.3) is 0 Å². The second kappa shape index (κ2) is 5.89. The molecule has 1 atom stereocenters. The van der Waals surface area contributed by atoms with E-state index in [0.29, 0.717) is 6.42 Å². The van der Waals surface area contributed by atoms with Crippen molar-refractivity contribution in [2.45, 2.75) is 45.1 Å². The van der Waals surface area contributed by atoms with E-state index in [9.17, 15) is 9.59 Å². The van der Waals surface area contributed by atoms with Crippen LogP contribution in [0.25, 0.3) is 0 Å². The Morgan fingerprint density at radius 1 is 1.29 bits per heavy atom. The predicted molar refractivity (Wildman–Crippen MR) is 83.7 cm³/mol. The zero-order valence-corrected chi connectivity index (χ0v) is 13.7. The highest BCUT2D eigenvalue weighted by Crippen LogP contribution is 2.29. The van der Waals surface area contributed by atoms with E-state index in [1.165, 1.54) is 4.90 Å². The summed E-state index contributed by atoms with van der Waals surface area (Å²) in [6.07, 6.45) is 8.46. The molecule has 2 aromatic rings. The van der Waals surface area contributed by atoms with E-state index in [2.05, 4.69) is 10.3 Å². The molecule has 7 heteroatoms. The molecule has 0 N–H and O–H groups in total. The first-order chi connectivity index (χ1) is 11.6. The average Bonchev–Trinajstić information content (AvgIpc) is 3.23. The van der Waals surface area contributed by atoms with Crippen LogP contribution in [-0.4, -0.2) is 31.7 Å². The maximum absolute atomic E-state index is 12.6. The van der Waals surface area contributed by atoms with Gasteiger partial charge < -0.3 is 4.52 Å². The Hall–Kier alpha value is -2.44. The largest absolute Gasteiger partial charge is 0.361 e. The highest BCUT2D eigenvalue weighted by Gasteiger charge is 2.39. The Labute approximate surface area is 139 Å². The average molecular weight is 328 g/mol. The molecular formula is C17H20N4O3. The highest BCUT2D eigenvalue weighted by molar-refractivity contribution is 6.03. The predicted octanol–water partition coefficient (Wildman–Crippen LogP) is 1.40. The highest BCUT2D eigenvalue weighted by atomic mass is 16.5. The van der Waals surface area contributed by atoms with Gasteiger partial charge in [0.1, 0.15) is 11.5 Å². The standard InChI is InChI=1S/C17H20N4O3/c1-20-9-11(8-18-20)6-12-7-16(22)21(17(12)23)10-14-13-4-2-3-5-15(13)24-19-14/h8-9,12H,2-7,10H2,1H3/t12-/m0/s1. The summed E-state index contributed by atoms with van der Waals surface area (Å²) >= 11 is 0. The maximum atomic E-state index is 12.6. The van der Waals surface area contributed by atoms with Crippen molar-refractivity contribution in [2.24, 2.45) is 13.0 Å². The van der Waals surface area contributed by atoms with Crippen molar-refractivity contribution in [2.75, 3.05) is 0 Å². The molecule has 4 rings (SSSR count). The van der Waals surface area contributed by atoms with Crippen molar-refractivity contribution in [3.05, 3.63) is 35.0 Å². The van der Waals surface area contributed by atoms with Gasteiger partial charge in [-0.05, 0) is 31.2 Å². The normalized spacial score (nSPS) is 20.7. The molecule has 0 bridgehead atoms. The smallest absolute Gasteiger partial charge is 0.233 e. The van der Waals surface area contributed by atoms with Crippen molar-refractivity contribution in [1.29, 1.82) is 0 Å². The number of carbonyl (C=O) groups is 2. The molecular weight excluding hydrogens is 308 g/mol. The first kappa shape index (κ1) is 15.1. The Morgan fingerprint density at radius 3 is 2.92 bits per heavy atom. The van der Waals surface area contributed by atoms with Gasteiger partial charge in [-0.15, -0.1) is 0 Å². The molecule has 0 radical (unpaired) electrons. The summed E-state index contributed by atoms with van der Waals surface area (Å²) in [4.78, 5) is 26.3. The molecule has 1 saturated heterocycles. The summed E-state index contributed by atoms with van der Waals surface area (Å²) in [5.41, 5.74) is 2.82. The van der Waals surface area contributed by atoms with Crippen LogP contribution in [0.3, 0.4) is 0 Å². The molecule has 1 aliphatic heterocycles. The third-order valence-electron chi connectivity index (χ3n) is 4.92. The fourth-order valence-electron chi connectivity index (χ4n) is 3.66. The fraction of sp³-hybridized carbons (Fsp3) is 0.529. The van der Waals surface area contributed by atoms with Crippen LogP contribution in [0.1, 0.15) is 41.8 Å². The summed E-state index contributed by atoms with van der Waals surface area (Å²) in [5, 5.41) is 8.22. The van der Waals surface area contributed by atoms with Gasteiger partial charge in [-0.3, -0.25) is 19.2 Å². The van der Waals surface area contributed by atoms with Crippen LogP contribution in [0.2, 0.25) is 0 Å². The van der Waals surface area contributed by atoms with Crippen molar-refractivity contribution in [3.8, 4) is 0 Å². The van der Waals surface area contributed by atoms with Gasteiger partial charge in [-0.25, -0.2) is 0 Å². The second-order valence-corrected chi connectivity index (χ2v) is 6.68.